The maximum absolute atomic E-state index is 12.1. The molecule has 0 aromatic heterocycles. The summed E-state index contributed by atoms with van der Waals surface area (Å²) in [4.78, 5) is 12.1. The highest BCUT2D eigenvalue weighted by molar-refractivity contribution is 5.83. The third-order valence-electron chi connectivity index (χ3n) is 4.59. The Labute approximate surface area is 131 Å². The largest absolute Gasteiger partial charge is 0.389 e. The lowest BCUT2D eigenvalue weighted by atomic mass is 10.0. The van der Waals surface area contributed by atoms with Crippen LogP contribution in [-0.4, -0.2) is 36.9 Å². The van der Waals surface area contributed by atoms with Crippen LogP contribution in [0.4, 0.5) is 0 Å². The van der Waals surface area contributed by atoms with Crippen LogP contribution < -0.4 is 5.32 Å². The van der Waals surface area contributed by atoms with E-state index in [1.54, 1.807) is 0 Å². The highest BCUT2D eigenvalue weighted by Crippen LogP contribution is 2.48. The smallest absolute Gasteiger partial charge is 0.223 e. The average molecular weight is 303 g/mol. The minimum atomic E-state index is -0.613. The van der Waals surface area contributed by atoms with Gasteiger partial charge in [0, 0.05) is 19.1 Å². The molecule has 3 rings (SSSR count). The summed E-state index contributed by atoms with van der Waals surface area (Å²) in [7, 11) is 0. The van der Waals surface area contributed by atoms with E-state index in [0.29, 0.717) is 18.4 Å². The van der Waals surface area contributed by atoms with Gasteiger partial charge in [0.05, 0.1) is 12.7 Å². The van der Waals surface area contributed by atoms with Gasteiger partial charge in [0.1, 0.15) is 0 Å². The topological polar surface area (TPSA) is 58.6 Å². The van der Waals surface area contributed by atoms with Crippen LogP contribution in [0.15, 0.2) is 24.3 Å². The summed E-state index contributed by atoms with van der Waals surface area (Å²) in [5.74, 6) is 1.14. The Hall–Kier alpha value is -1.39. The Bertz CT molecular complexity index is 527. The lowest BCUT2D eigenvalue weighted by Gasteiger charge is -2.12. The molecule has 2 fully saturated rings. The zero-order chi connectivity index (χ0) is 15.5. The fourth-order valence-electron chi connectivity index (χ4n) is 2.89. The molecule has 0 heterocycles. The van der Waals surface area contributed by atoms with Crippen LogP contribution in [0.1, 0.15) is 36.3 Å². The van der Waals surface area contributed by atoms with E-state index in [2.05, 4.69) is 24.4 Å². The van der Waals surface area contributed by atoms with Gasteiger partial charge in [-0.2, -0.15) is 0 Å². The first-order valence-corrected chi connectivity index (χ1v) is 8.24. The zero-order valence-electron chi connectivity index (χ0n) is 13.1. The molecule has 1 amide bonds. The van der Waals surface area contributed by atoms with Crippen molar-refractivity contribution in [3.8, 4) is 0 Å². The van der Waals surface area contributed by atoms with Crippen LogP contribution in [0.3, 0.4) is 0 Å². The monoisotopic (exact) mass is 303 g/mol. The molecule has 4 nitrogen and oxygen atoms in total. The molecule has 1 aromatic rings. The molecule has 4 heteroatoms. The number of carbonyl (C=O) groups is 1. The molecule has 22 heavy (non-hydrogen) atoms. The summed E-state index contributed by atoms with van der Waals surface area (Å²) in [6, 6.07) is 8.24. The molecule has 0 unspecified atom stereocenters. The normalized spacial score (nSPS) is 24.8. The van der Waals surface area contributed by atoms with Crippen LogP contribution in [0, 0.1) is 18.8 Å². The molecule has 0 bridgehead atoms. The first-order chi connectivity index (χ1) is 10.6. The van der Waals surface area contributed by atoms with E-state index < -0.39 is 6.10 Å². The van der Waals surface area contributed by atoms with Crippen LogP contribution in [0.5, 0.6) is 0 Å². The highest BCUT2D eigenvalue weighted by atomic mass is 16.5. The second-order valence-corrected chi connectivity index (χ2v) is 6.69. The zero-order valence-corrected chi connectivity index (χ0v) is 13.1. The first-order valence-electron chi connectivity index (χ1n) is 8.24. The molecule has 2 N–H and O–H groups in total. The predicted molar refractivity (Wildman–Crippen MR) is 84.6 cm³/mol. The summed E-state index contributed by atoms with van der Waals surface area (Å²) < 4.78 is 5.43. The molecule has 120 valence electrons. The Morgan fingerprint density at radius 3 is 2.91 bits per heavy atom. The average Bonchev–Trinajstić information content (AvgIpc) is 3.39. The molecule has 0 aliphatic heterocycles. The minimum Gasteiger partial charge on any atom is -0.389 e. The molecule has 1 aromatic carbocycles. The van der Waals surface area contributed by atoms with E-state index in [4.69, 9.17) is 4.74 Å². The van der Waals surface area contributed by atoms with Crippen molar-refractivity contribution < 1.29 is 14.6 Å². The van der Waals surface area contributed by atoms with Gasteiger partial charge >= 0.3 is 0 Å². The van der Waals surface area contributed by atoms with Crippen molar-refractivity contribution in [1.82, 2.24) is 5.32 Å². The first kappa shape index (κ1) is 15.5. The number of benzene rings is 1. The van der Waals surface area contributed by atoms with Gasteiger partial charge in [-0.1, -0.05) is 24.3 Å². The van der Waals surface area contributed by atoms with E-state index >= 15 is 0 Å². The van der Waals surface area contributed by atoms with Crippen molar-refractivity contribution in [3.63, 3.8) is 0 Å². The van der Waals surface area contributed by atoms with Gasteiger partial charge in [-0.3, -0.25) is 4.79 Å². The maximum Gasteiger partial charge on any atom is 0.223 e. The number of nitrogens with one attached hydrogen (secondary N) is 1. The fraction of sp³-hybridized carbons (Fsp3) is 0.611. The molecule has 2 aliphatic rings. The van der Waals surface area contributed by atoms with Crippen LogP contribution in [0.25, 0.3) is 0 Å². The fourth-order valence-corrected chi connectivity index (χ4v) is 2.89. The number of hydrogen-bond acceptors (Lipinski definition) is 3. The van der Waals surface area contributed by atoms with Gasteiger partial charge in [0.15, 0.2) is 0 Å². The minimum absolute atomic E-state index is 0.0505. The summed E-state index contributed by atoms with van der Waals surface area (Å²) in [6.07, 6.45) is 2.78. The van der Waals surface area contributed by atoms with Gasteiger partial charge < -0.3 is 15.2 Å². The number of carbonyl (C=O) groups excluding carboxylic acids is 1. The van der Waals surface area contributed by atoms with E-state index in [9.17, 15) is 9.90 Å². The predicted octanol–water partition coefficient (Wildman–Crippen LogP) is 2.00. The summed E-state index contributed by atoms with van der Waals surface area (Å²) >= 11 is 0. The van der Waals surface area contributed by atoms with E-state index in [1.165, 1.54) is 24.0 Å². The van der Waals surface area contributed by atoms with E-state index in [1.807, 2.05) is 12.1 Å². The van der Waals surface area contributed by atoms with Crippen molar-refractivity contribution in [2.24, 2.45) is 11.8 Å². The van der Waals surface area contributed by atoms with Gasteiger partial charge in [-0.05, 0) is 49.1 Å². The van der Waals surface area contributed by atoms with Crippen molar-refractivity contribution in [1.29, 1.82) is 0 Å². The molecule has 2 aliphatic carbocycles. The van der Waals surface area contributed by atoms with Crippen LogP contribution in [0.2, 0.25) is 0 Å². The number of aliphatic hydroxyl groups excluding tert-OH is 1. The highest BCUT2D eigenvalue weighted by Gasteiger charge is 2.44. The Morgan fingerprint density at radius 1 is 1.41 bits per heavy atom. The Morgan fingerprint density at radius 2 is 2.18 bits per heavy atom. The lowest BCUT2D eigenvalue weighted by molar-refractivity contribution is -0.123. The van der Waals surface area contributed by atoms with Gasteiger partial charge in [0.25, 0.3) is 0 Å². The second-order valence-electron chi connectivity index (χ2n) is 6.69. The SMILES string of the molecule is Cc1ccccc1[C@@H]1C[C@@H]1C(=O)NC[C@@H](O)COCC1CC1. The molecule has 0 radical (unpaired) electrons. The van der Waals surface area contributed by atoms with Crippen LogP contribution >= 0.6 is 0 Å². The molecule has 2 saturated carbocycles. The van der Waals surface area contributed by atoms with Gasteiger partial charge in [-0.25, -0.2) is 0 Å². The van der Waals surface area contributed by atoms with Crippen molar-refractivity contribution in [2.45, 2.75) is 38.2 Å². The number of aliphatic hydroxyl groups is 1. The number of amides is 1. The maximum atomic E-state index is 12.1. The molecular formula is C18H25NO3. The number of aryl methyl sites for hydroxylation is 1. The second kappa shape index (κ2) is 6.80. The summed E-state index contributed by atoms with van der Waals surface area (Å²) in [5, 5.41) is 12.7. The molecule has 0 saturated heterocycles. The summed E-state index contributed by atoms with van der Waals surface area (Å²) in [5.41, 5.74) is 2.52. The lowest BCUT2D eigenvalue weighted by Crippen LogP contribution is -2.35. The molecule has 0 spiro atoms. The number of rotatable bonds is 8. The van der Waals surface area contributed by atoms with Crippen molar-refractivity contribution in [3.05, 3.63) is 35.4 Å². The molecule has 3 atom stereocenters. The Kier molecular flexibility index (Phi) is 4.79. The Balaban J connectivity index is 1.37. The number of hydrogen-bond donors (Lipinski definition) is 2. The third kappa shape index (κ3) is 4.08. The van der Waals surface area contributed by atoms with E-state index in [0.717, 1.165) is 13.0 Å². The van der Waals surface area contributed by atoms with Crippen molar-refractivity contribution in [2.75, 3.05) is 19.8 Å². The standard InChI is InChI=1S/C18H25NO3/c1-12-4-2-3-5-15(12)16-8-17(16)18(21)19-9-14(20)11-22-10-13-6-7-13/h2-5,13-14,16-17,20H,6-11H2,1H3,(H,19,21)/t14-,16+,17+/m1/s1. The van der Waals surface area contributed by atoms with Crippen molar-refractivity contribution >= 4 is 5.91 Å². The summed E-state index contributed by atoms with van der Waals surface area (Å²) in [6.45, 7) is 3.41. The molecular weight excluding hydrogens is 278 g/mol. The van der Waals surface area contributed by atoms with Gasteiger partial charge in [-0.15, -0.1) is 0 Å². The quantitative estimate of drug-likeness (QED) is 0.772. The van der Waals surface area contributed by atoms with Gasteiger partial charge in [0.2, 0.25) is 5.91 Å². The number of ether oxygens (including phenoxy) is 1. The van der Waals surface area contributed by atoms with Crippen LogP contribution in [-0.2, 0) is 9.53 Å². The third-order valence-corrected chi connectivity index (χ3v) is 4.59. The van der Waals surface area contributed by atoms with E-state index in [-0.39, 0.29) is 18.4 Å².